The summed E-state index contributed by atoms with van der Waals surface area (Å²) in [7, 11) is 1.89. The molecule has 0 amide bonds. The van der Waals surface area contributed by atoms with Gasteiger partial charge in [-0.05, 0) is 18.2 Å². The molecule has 120 valence electrons. The van der Waals surface area contributed by atoms with Crippen LogP contribution in [-0.2, 0) is 15.6 Å². The van der Waals surface area contributed by atoms with Crippen molar-refractivity contribution in [3.63, 3.8) is 0 Å². The van der Waals surface area contributed by atoms with E-state index in [0.29, 0.717) is 29.9 Å². The van der Waals surface area contributed by atoms with E-state index >= 15 is 0 Å². The van der Waals surface area contributed by atoms with E-state index in [0.717, 1.165) is 5.82 Å². The lowest BCUT2D eigenvalue weighted by atomic mass is 10.2. The van der Waals surface area contributed by atoms with Gasteiger partial charge in [0.1, 0.15) is 0 Å². The molecule has 0 N–H and O–H groups in total. The topological polar surface area (TPSA) is 63.3 Å². The molecule has 3 heterocycles. The van der Waals surface area contributed by atoms with Gasteiger partial charge in [-0.3, -0.25) is 4.79 Å². The lowest BCUT2D eigenvalue weighted by Gasteiger charge is -2.16. The average molecular weight is 335 g/mol. The summed E-state index contributed by atoms with van der Waals surface area (Å²) in [5.41, 5.74) is 1.92. The third-order valence-corrected chi connectivity index (χ3v) is 3.58. The van der Waals surface area contributed by atoms with Crippen molar-refractivity contribution in [3.05, 3.63) is 48.1 Å². The molecule has 1 aliphatic heterocycles. The minimum atomic E-state index is -0.557. The van der Waals surface area contributed by atoms with Crippen LogP contribution in [0.4, 0.5) is 4.39 Å². The molecule has 0 saturated heterocycles. The fourth-order valence-corrected chi connectivity index (χ4v) is 2.40. The largest absolute Gasteiger partial charge is 0.352 e. The van der Waals surface area contributed by atoms with Gasteiger partial charge in [0.15, 0.2) is 5.82 Å². The number of nitrogens with zero attached hydrogens (tertiary/aromatic N) is 5. The fourth-order valence-electron chi connectivity index (χ4n) is 2.12. The summed E-state index contributed by atoms with van der Waals surface area (Å²) < 4.78 is 19.4. The lowest BCUT2D eigenvalue weighted by molar-refractivity contribution is 0.0883. The highest BCUT2D eigenvalue weighted by Gasteiger charge is 2.27. The molecule has 1 aliphatic rings. The van der Waals surface area contributed by atoms with Gasteiger partial charge >= 0.3 is 0 Å². The predicted octanol–water partition coefficient (Wildman–Crippen LogP) is 1.88. The first-order valence-corrected chi connectivity index (χ1v) is 7.86. The number of rotatable bonds is 7. The molecule has 0 unspecified atom stereocenters. The quantitative estimate of drug-likeness (QED) is 0.435. The van der Waals surface area contributed by atoms with Gasteiger partial charge in [0.05, 0.1) is 24.1 Å². The van der Waals surface area contributed by atoms with Crippen LogP contribution in [-0.4, -0.2) is 44.4 Å². The molecular weight excluding hydrogens is 321 g/mol. The van der Waals surface area contributed by atoms with Crippen LogP contribution in [0.25, 0.3) is 11.3 Å². The molecule has 2 aromatic heterocycles. The first-order valence-electron chi connectivity index (χ1n) is 6.71. The predicted molar refractivity (Wildman–Crippen MR) is 83.6 cm³/mol. The molecule has 2 aromatic rings. The van der Waals surface area contributed by atoms with Crippen molar-refractivity contribution < 1.29 is 13.5 Å². The van der Waals surface area contributed by atoms with E-state index in [9.17, 15) is 9.18 Å². The van der Waals surface area contributed by atoms with Gasteiger partial charge in [0.2, 0.25) is 12.4 Å². The molecule has 0 radical (unpaired) electrons. The Kier molecular flexibility index (Phi) is 4.30. The SMILES string of the molecule is CSON1C=C1N(C)Cc1cc(-c2ccc(F)nc2)nn1C=O. The maximum atomic E-state index is 12.9. The Morgan fingerprint density at radius 1 is 1.48 bits per heavy atom. The van der Waals surface area contributed by atoms with Crippen LogP contribution < -0.4 is 0 Å². The zero-order valence-electron chi connectivity index (χ0n) is 12.5. The monoisotopic (exact) mass is 335 g/mol. The number of halogens is 1. The molecular formula is C14H14FN5O2S. The number of pyridine rings is 1. The highest BCUT2D eigenvalue weighted by atomic mass is 32.2. The molecule has 7 nitrogen and oxygen atoms in total. The third kappa shape index (κ3) is 3.35. The van der Waals surface area contributed by atoms with E-state index in [1.165, 1.54) is 29.0 Å². The summed E-state index contributed by atoms with van der Waals surface area (Å²) in [5.74, 6) is 0.348. The minimum Gasteiger partial charge on any atom is -0.352 e. The van der Waals surface area contributed by atoms with Gasteiger partial charge in [0.25, 0.3) is 0 Å². The number of hydroxylamine groups is 2. The summed E-state index contributed by atoms with van der Waals surface area (Å²) in [6, 6.07) is 4.61. The molecule has 0 aliphatic carbocycles. The number of aromatic nitrogens is 3. The van der Waals surface area contributed by atoms with Crippen LogP contribution >= 0.6 is 12.0 Å². The summed E-state index contributed by atoms with van der Waals surface area (Å²) in [5, 5.41) is 5.84. The third-order valence-electron chi connectivity index (χ3n) is 3.27. The van der Waals surface area contributed by atoms with Gasteiger partial charge in [-0.25, -0.2) is 9.67 Å². The molecule has 0 aromatic carbocycles. The smallest absolute Gasteiger partial charge is 0.234 e. The fraction of sp³-hybridized carbons (Fsp3) is 0.214. The van der Waals surface area contributed by atoms with Crippen LogP contribution in [0.15, 0.2) is 36.4 Å². The van der Waals surface area contributed by atoms with Crippen molar-refractivity contribution in [1.29, 1.82) is 0 Å². The second-order valence-corrected chi connectivity index (χ2v) is 5.33. The van der Waals surface area contributed by atoms with E-state index in [4.69, 9.17) is 4.28 Å². The van der Waals surface area contributed by atoms with E-state index in [-0.39, 0.29) is 0 Å². The van der Waals surface area contributed by atoms with Gasteiger partial charge in [-0.15, -0.1) is 0 Å². The zero-order chi connectivity index (χ0) is 16.4. The highest BCUT2D eigenvalue weighted by Crippen LogP contribution is 2.28. The summed E-state index contributed by atoms with van der Waals surface area (Å²) in [6.45, 7) is 0.473. The first kappa shape index (κ1) is 15.5. The highest BCUT2D eigenvalue weighted by molar-refractivity contribution is 7.93. The molecule has 0 fully saturated rings. The molecule has 0 spiro atoms. The Morgan fingerprint density at radius 3 is 2.96 bits per heavy atom. The van der Waals surface area contributed by atoms with Crippen molar-refractivity contribution in [1.82, 2.24) is 24.7 Å². The number of hydrogen-bond donors (Lipinski definition) is 0. The molecule has 0 atom stereocenters. The number of carbonyl (C=O) groups excluding carboxylic acids is 1. The molecule has 0 bridgehead atoms. The van der Waals surface area contributed by atoms with E-state index in [1.54, 1.807) is 17.2 Å². The lowest BCUT2D eigenvalue weighted by Crippen LogP contribution is -2.19. The van der Waals surface area contributed by atoms with E-state index in [1.807, 2.05) is 24.4 Å². The van der Waals surface area contributed by atoms with Crippen molar-refractivity contribution in [2.45, 2.75) is 6.54 Å². The number of hydrogen-bond acceptors (Lipinski definition) is 7. The van der Waals surface area contributed by atoms with Crippen molar-refractivity contribution in [3.8, 4) is 11.3 Å². The average Bonchev–Trinajstić information content (AvgIpc) is 3.20. The second kappa shape index (κ2) is 6.39. The van der Waals surface area contributed by atoms with Gasteiger partial charge in [-0.2, -0.15) is 18.8 Å². The van der Waals surface area contributed by atoms with Gasteiger partial charge in [-0.1, -0.05) is 0 Å². The van der Waals surface area contributed by atoms with E-state index in [2.05, 4.69) is 10.1 Å². The first-order chi connectivity index (χ1) is 11.1. The van der Waals surface area contributed by atoms with Gasteiger partial charge in [0, 0.05) is 37.1 Å². The van der Waals surface area contributed by atoms with Crippen molar-refractivity contribution >= 4 is 18.5 Å². The van der Waals surface area contributed by atoms with Crippen LogP contribution in [0.1, 0.15) is 5.69 Å². The molecule has 23 heavy (non-hydrogen) atoms. The maximum Gasteiger partial charge on any atom is 0.234 e. The molecule has 3 rings (SSSR count). The Hall–Kier alpha value is -2.39. The Bertz CT molecular complexity index is 746. The molecule has 0 saturated carbocycles. The normalized spacial score (nSPS) is 13.0. The zero-order valence-corrected chi connectivity index (χ0v) is 13.3. The van der Waals surface area contributed by atoms with Crippen LogP contribution in [0.2, 0.25) is 0 Å². The minimum absolute atomic E-state index is 0.473. The summed E-state index contributed by atoms with van der Waals surface area (Å²) >= 11 is 1.25. The Balaban J connectivity index is 1.76. The van der Waals surface area contributed by atoms with Crippen molar-refractivity contribution in [2.24, 2.45) is 0 Å². The van der Waals surface area contributed by atoms with Crippen LogP contribution in [0.5, 0.6) is 0 Å². The number of carbonyl (C=O) groups is 1. The summed E-state index contributed by atoms with van der Waals surface area (Å²) in [6.07, 6.45) is 5.69. The summed E-state index contributed by atoms with van der Waals surface area (Å²) in [4.78, 5) is 16.7. The maximum absolute atomic E-state index is 12.9. The molecule has 9 heteroatoms. The van der Waals surface area contributed by atoms with Crippen LogP contribution in [0, 0.1) is 5.95 Å². The van der Waals surface area contributed by atoms with Crippen molar-refractivity contribution in [2.75, 3.05) is 13.3 Å². The Morgan fingerprint density at radius 2 is 2.30 bits per heavy atom. The second-order valence-electron chi connectivity index (χ2n) is 4.85. The standard InChI is InChI=1S/C14H14FN5O2S/c1-18(14-8-20(14)22-23-2)7-11-5-12(17-19(11)9-21)10-3-4-13(15)16-6-10/h3-6,8-9H,7H2,1-2H3. The Labute approximate surface area is 136 Å². The van der Waals surface area contributed by atoms with Gasteiger partial charge < -0.3 is 4.90 Å². The van der Waals surface area contributed by atoms with Crippen LogP contribution in [0.3, 0.4) is 0 Å². The van der Waals surface area contributed by atoms with E-state index < -0.39 is 5.95 Å².